The fraction of sp³-hybridized carbons (Fsp3) is 0.222. The van der Waals surface area contributed by atoms with E-state index < -0.39 is 9.84 Å². The molecule has 0 bridgehead atoms. The molecular weight excluding hydrogens is 218 g/mol. The highest BCUT2D eigenvalue weighted by molar-refractivity contribution is 7.92. The van der Waals surface area contributed by atoms with Crippen molar-refractivity contribution >= 4 is 31.4 Å². The van der Waals surface area contributed by atoms with E-state index in [0.29, 0.717) is 0 Å². The average Bonchev–Trinajstić information content (AvgIpc) is 2.45. The Hall–Kier alpha value is -0.940. The normalized spacial score (nSPS) is 12.1. The molecule has 5 heteroatoms. The number of sulfone groups is 1. The predicted molar refractivity (Wildman–Crippen MR) is 57.5 cm³/mol. The molecule has 0 N–H and O–H groups in total. The minimum absolute atomic E-state index is 0.193. The summed E-state index contributed by atoms with van der Waals surface area (Å²) in [6, 6.07) is 5.74. The van der Waals surface area contributed by atoms with Crippen LogP contribution in [0.5, 0.6) is 0 Å². The summed E-state index contributed by atoms with van der Waals surface area (Å²) in [4.78, 5) is 4.08. The van der Waals surface area contributed by atoms with Crippen molar-refractivity contribution in [3.63, 3.8) is 0 Å². The zero-order valence-electron chi connectivity index (χ0n) is 7.81. The number of thiazole rings is 1. The van der Waals surface area contributed by atoms with E-state index in [1.807, 2.05) is 25.1 Å². The van der Waals surface area contributed by atoms with Gasteiger partial charge in [0, 0.05) is 6.26 Å². The number of hydrogen-bond donors (Lipinski definition) is 0. The van der Waals surface area contributed by atoms with E-state index in [1.165, 1.54) is 17.6 Å². The van der Waals surface area contributed by atoms with Crippen LogP contribution in [-0.4, -0.2) is 19.7 Å². The van der Waals surface area contributed by atoms with Gasteiger partial charge in [-0.05, 0) is 24.6 Å². The van der Waals surface area contributed by atoms with E-state index in [4.69, 9.17) is 0 Å². The van der Waals surface area contributed by atoms with Gasteiger partial charge in [0.2, 0.25) is 14.2 Å². The molecule has 2 rings (SSSR count). The van der Waals surface area contributed by atoms with Crippen molar-refractivity contribution in [2.24, 2.45) is 0 Å². The Morgan fingerprint density at radius 2 is 2.07 bits per heavy atom. The molecule has 0 saturated heterocycles. The maximum absolute atomic E-state index is 11.2. The monoisotopic (exact) mass is 227 g/mol. The van der Waals surface area contributed by atoms with Gasteiger partial charge in [0.25, 0.3) is 0 Å². The third kappa shape index (κ3) is 1.65. The van der Waals surface area contributed by atoms with E-state index >= 15 is 0 Å². The second kappa shape index (κ2) is 3.03. The summed E-state index contributed by atoms with van der Waals surface area (Å²) in [5.74, 6) is 0. The first kappa shape index (κ1) is 9.61. The highest BCUT2D eigenvalue weighted by Crippen LogP contribution is 2.25. The molecule has 0 aliphatic carbocycles. The molecule has 14 heavy (non-hydrogen) atoms. The van der Waals surface area contributed by atoms with Crippen LogP contribution in [0.2, 0.25) is 0 Å². The van der Waals surface area contributed by atoms with Gasteiger partial charge in [0.1, 0.15) is 0 Å². The average molecular weight is 227 g/mol. The van der Waals surface area contributed by atoms with Gasteiger partial charge >= 0.3 is 0 Å². The molecule has 3 nitrogen and oxygen atoms in total. The molecule has 74 valence electrons. The summed E-state index contributed by atoms with van der Waals surface area (Å²) in [5, 5.41) is 0. The summed E-state index contributed by atoms with van der Waals surface area (Å²) in [6.07, 6.45) is 1.18. The van der Waals surface area contributed by atoms with E-state index in [-0.39, 0.29) is 4.34 Å². The highest BCUT2D eigenvalue weighted by Gasteiger charge is 2.13. The number of rotatable bonds is 1. The number of aryl methyl sites for hydroxylation is 1. The van der Waals surface area contributed by atoms with Crippen LogP contribution in [0.25, 0.3) is 10.2 Å². The van der Waals surface area contributed by atoms with Gasteiger partial charge in [-0.3, -0.25) is 0 Å². The molecule has 0 aliphatic heterocycles. The van der Waals surface area contributed by atoms with Crippen molar-refractivity contribution in [2.45, 2.75) is 11.3 Å². The Bertz CT molecular complexity index is 584. The van der Waals surface area contributed by atoms with E-state index in [9.17, 15) is 8.42 Å². The largest absolute Gasteiger partial charge is 0.225 e. The van der Waals surface area contributed by atoms with Crippen molar-refractivity contribution in [1.29, 1.82) is 0 Å². The molecule has 0 unspecified atom stereocenters. The van der Waals surface area contributed by atoms with Crippen molar-refractivity contribution in [3.05, 3.63) is 23.8 Å². The van der Waals surface area contributed by atoms with Crippen LogP contribution in [0.3, 0.4) is 0 Å². The Morgan fingerprint density at radius 1 is 1.36 bits per heavy atom. The standard InChI is InChI=1S/C9H9NO2S2/c1-6-3-4-8-7(5-6)10-9(13-8)14(2,11)12/h3-5H,1-2H3. The molecule has 0 amide bonds. The van der Waals surface area contributed by atoms with Crippen molar-refractivity contribution in [3.8, 4) is 0 Å². The molecule has 0 fully saturated rings. The maximum atomic E-state index is 11.2. The Labute approximate surface area is 86.3 Å². The van der Waals surface area contributed by atoms with Crippen LogP contribution in [0.15, 0.2) is 22.5 Å². The van der Waals surface area contributed by atoms with Gasteiger partial charge in [-0.2, -0.15) is 0 Å². The van der Waals surface area contributed by atoms with Gasteiger partial charge in [0.15, 0.2) is 0 Å². The third-order valence-electron chi connectivity index (χ3n) is 1.84. The van der Waals surface area contributed by atoms with Crippen molar-refractivity contribution in [2.75, 3.05) is 6.26 Å². The molecule has 0 atom stereocenters. The molecule has 0 aliphatic rings. The minimum Gasteiger partial charge on any atom is -0.225 e. The van der Waals surface area contributed by atoms with Gasteiger partial charge in [0.05, 0.1) is 10.2 Å². The van der Waals surface area contributed by atoms with Crippen molar-refractivity contribution < 1.29 is 8.42 Å². The lowest BCUT2D eigenvalue weighted by Gasteiger charge is -1.88. The number of benzene rings is 1. The SMILES string of the molecule is Cc1ccc2sc(S(C)(=O)=O)nc2c1. The minimum atomic E-state index is -3.17. The Balaban J connectivity index is 2.75. The van der Waals surface area contributed by atoms with Crippen LogP contribution >= 0.6 is 11.3 Å². The van der Waals surface area contributed by atoms with E-state index in [2.05, 4.69) is 4.98 Å². The summed E-state index contributed by atoms with van der Waals surface area (Å²) < 4.78 is 23.6. The first-order chi connectivity index (χ1) is 6.47. The van der Waals surface area contributed by atoms with Crippen LogP contribution in [0.1, 0.15) is 5.56 Å². The third-order valence-corrected chi connectivity index (χ3v) is 4.56. The van der Waals surface area contributed by atoms with Gasteiger partial charge < -0.3 is 0 Å². The zero-order chi connectivity index (χ0) is 10.3. The summed E-state index contributed by atoms with van der Waals surface area (Å²) in [7, 11) is -3.17. The Kier molecular flexibility index (Phi) is 2.08. The predicted octanol–water partition coefficient (Wildman–Crippen LogP) is 2.01. The highest BCUT2D eigenvalue weighted by atomic mass is 32.2. The molecular formula is C9H9NO2S2. The van der Waals surface area contributed by atoms with Gasteiger partial charge in [-0.1, -0.05) is 6.07 Å². The first-order valence-corrected chi connectivity index (χ1v) is 6.75. The van der Waals surface area contributed by atoms with Crippen LogP contribution < -0.4 is 0 Å². The van der Waals surface area contributed by atoms with E-state index in [1.54, 1.807) is 0 Å². The quantitative estimate of drug-likeness (QED) is 0.748. The van der Waals surface area contributed by atoms with Gasteiger partial charge in [-0.25, -0.2) is 13.4 Å². The molecule has 1 aromatic heterocycles. The molecule has 2 aromatic rings. The lowest BCUT2D eigenvalue weighted by atomic mass is 10.2. The lowest BCUT2D eigenvalue weighted by Crippen LogP contribution is -1.94. The van der Waals surface area contributed by atoms with Crippen LogP contribution in [0.4, 0.5) is 0 Å². The smallest absolute Gasteiger partial charge is 0.210 e. The second-order valence-corrected chi connectivity index (χ2v) is 6.44. The number of hydrogen-bond acceptors (Lipinski definition) is 4. The summed E-state index contributed by atoms with van der Waals surface area (Å²) >= 11 is 1.21. The second-order valence-electron chi connectivity index (χ2n) is 3.22. The fourth-order valence-electron chi connectivity index (χ4n) is 1.17. The molecule has 0 radical (unpaired) electrons. The molecule has 1 aromatic carbocycles. The number of aromatic nitrogens is 1. The Morgan fingerprint density at radius 3 is 2.71 bits per heavy atom. The summed E-state index contributed by atoms with van der Waals surface area (Å²) in [5.41, 5.74) is 1.85. The fourth-order valence-corrected chi connectivity index (χ4v) is 2.99. The first-order valence-electron chi connectivity index (χ1n) is 4.04. The zero-order valence-corrected chi connectivity index (χ0v) is 9.45. The number of nitrogens with zero attached hydrogens (tertiary/aromatic N) is 1. The topological polar surface area (TPSA) is 47.0 Å². The molecule has 0 saturated carbocycles. The molecule has 0 spiro atoms. The lowest BCUT2D eigenvalue weighted by molar-refractivity contribution is 0.601. The van der Waals surface area contributed by atoms with Crippen LogP contribution in [-0.2, 0) is 9.84 Å². The summed E-state index contributed by atoms with van der Waals surface area (Å²) in [6.45, 7) is 1.96. The molecule has 1 heterocycles. The maximum Gasteiger partial charge on any atom is 0.210 e. The van der Waals surface area contributed by atoms with Crippen LogP contribution in [0, 0.1) is 6.92 Å². The van der Waals surface area contributed by atoms with Crippen molar-refractivity contribution in [1.82, 2.24) is 4.98 Å². The van der Waals surface area contributed by atoms with Gasteiger partial charge in [-0.15, -0.1) is 11.3 Å². The number of fused-ring (bicyclic) bond motifs is 1. The van der Waals surface area contributed by atoms with E-state index in [0.717, 1.165) is 15.8 Å².